The molecular formula is C26H29N3O2. The Bertz CT molecular complexity index is 1090. The van der Waals surface area contributed by atoms with Crippen molar-refractivity contribution in [3.05, 3.63) is 77.2 Å². The Kier molecular flexibility index (Phi) is 5.52. The van der Waals surface area contributed by atoms with Gasteiger partial charge in [0.25, 0.3) is 0 Å². The third kappa shape index (κ3) is 4.18. The number of nitrogens with zero attached hydrogens (tertiary/aromatic N) is 2. The number of carbonyl (C=O) groups is 2. The van der Waals surface area contributed by atoms with Gasteiger partial charge in [-0.1, -0.05) is 30.3 Å². The first-order valence-corrected chi connectivity index (χ1v) is 10.7. The average Bonchev–Trinajstić information content (AvgIpc) is 3.12. The first kappa shape index (κ1) is 21.0. The van der Waals surface area contributed by atoms with E-state index in [-0.39, 0.29) is 29.6 Å². The van der Waals surface area contributed by atoms with Crippen LogP contribution in [0.25, 0.3) is 11.3 Å². The summed E-state index contributed by atoms with van der Waals surface area (Å²) in [5.41, 5.74) is 5.45. The lowest BCUT2D eigenvalue weighted by Crippen LogP contribution is -2.47. The quantitative estimate of drug-likeness (QED) is 0.673. The maximum atomic E-state index is 13.3. The van der Waals surface area contributed by atoms with Crippen LogP contribution >= 0.6 is 0 Å². The molecule has 0 aliphatic heterocycles. The predicted octanol–water partition coefficient (Wildman–Crippen LogP) is 4.67. The van der Waals surface area contributed by atoms with Gasteiger partial charge in [0.1, 0.15) is 0 Å². The highest BCUT2D eigenvalue weighted by Gasteiger charge is 2.37. The molecule has 4 rings (SSSR count). The van der Waals surface area contributed by atoms with Crippen LogP contribution in [0.5, 0.6) is 0 Å². The van der Waals surface area contributed by atoms with Crippen molar-refractivity contribution in [3.8, 4) is 11.3 Å². The molecular weight excluding hydrogens is 386 g/mol. The molecule has 1 unspecified atom stereocenters. The largest absolute Gasteiger partial charge is 0.358 e. The molecule has 31 heavy (non-hydrogen) atoms. The standard InChI is InChI=1S/C26H29N3O2/c1-26(2,3)29(4)25(31)19-15-21-23(22(30)16-19)20(14-17-8-6-5-7-9-17)24(28-21)18-10-12-27-13-11-18/h5-13,19,28H,14-16H2,1-4H3. The number of aromatic nitrogens is 2. The number of pyridine rings is 1. The van der Waals surface area contributed by atoms with Crippen LogP contribution in [0.4, 0.5) is 0 Å². The van der Waals surface area contributed by atoms with E-state index >= 15 is 0 Å². The van der Waals surface area contributed by atoms with Gasteiger partial charge in [-0.3, -0.25) is 14.6 Å². The van der Waals surface area contributed by atoms with Crippen molar-refractivity contribution >= 4 is 11.7 Å². The first-order chi connectivity index (χ1) is 14.8. The predicted molar refractivity (Wildman–Crippen MR) is 122 cm³/mol. The molecule has 0 spiro atoms. The van der Waals surface area contributed by atoms with Gasteiger partial charge in [0.05, 0.1) is 11.6 Å². The van der Waals surface area contributed by atoms with E-state index in [1.54, 1.807) is 17.3 Å². The number of hydrogen-bond acceptors (Lipinski definition) is 3. The monoisotopic (exact) mass is 415 g/mol. The molecule has 1 aliphatic carbocycles. The third-order valence-corrected chi connectivity index (χ3v) is 6.22. The summed E-state index contributed by atoms with van der Waals surface area (Å²) < 4.78 is 0. The second kappa shape index (κ2) is 8.14. The molecule has 1 aliphatic rings. The third-order valence-electron chi connectivity index (χ3n) is 6.22. The molecule has 1 N–H and O–H groups in total. The van der Waals surface area contributed by atoms with E-state index in [0.29, 0.717) is 12.8 Å². The Morgan fingerprint density at radius 3 is 2.42 bits per heavy atom. The molecule has 0 bridgehead atoms. The maximum absolute atomic E-state index is 13.3. The minimum absolute atomic E-state index is 0.0242. The highest BCUT2D eigenvalue weighted by Crippen LogP contribution is 2.36. The van der Waals surface area contributed by atoms with Crippen LogP contribution in [0.1, 0.15) is 54.4 Å². The van der Waals surface area contributed by atoms with Crippen molar-refractivity contribution in [2.24, 2.45) is 5.92 Å². The molecule has 160 valence electrons. The minimum Gasteiger partial charge on any atom is -0.358 e. The molecule has 1 aromatic carbocycles. The molecule has 1 atom stereocenters. The van der Waals surface area contributed by atoms with Crippen LogP contribution in [0.3, 0.4) is 0 Å². The number of ketones is 1. The van der Waals surface area contributed by atoms with E-state index in [1.807, 2.05) is 58.2 Å². The van der Waals surface area contributed by atoms with Crippen LogP contribution in [0, 0.1) is 5.92 Å². The fourth-order valence-electron chi connectivity index (χ4n) is 4.25. The van der Waals surface area contributed by atoms with Crippen molar-refractivity contribution in [2.75, 3.05) is 7.05 Å². The van der Waals surface area contributed by atoms with E-state index in [1.165, 1.54) is 0 Å². The van der Waals surface area contributed by atoms with Gasteiger partial charge in [0.2, 0.25) is 5.91 Å². The van der Waals surface area contributed by atoms with Gasteiger partial charge in [0, 0.05) is 61.1 Å². The molecule has 3 aromatic rings. The van der Waals surface area contributed by atoms with Gasteiger partial charge in [0.15, 0.2) is 5.78 Å². The van der Waals surface area contributed by atoms with Crippen molar-refractivity contribution in [3.63, 3.8) is 0 Å². The van der Waals surface area contributed by atoms with Gasteiger partial charge in [-0.15, -0.1) is 0 Å². The lowest BCUT2D eigenvalue weighted by molar-refractivity contribution is -0.138. The zero-order valence-electron chi connectivity index (χ0n) is 18.6. The Hall–Kier alpha value is -3.21. The first-order valence-electron chi connectivity index (χ1n) is 10.7. The van der Waals surface area contributed by atoms with Crippen LogP contribution in [-0.4, -0.2) is 39.1 Å². The van der Waals surface area contributed by atoms with Crippen molar-refractivity contribution in [1.82, 2.24) is 14.9 Å². The Morgan fingerprint density at radius 1 is 1.10 bits per heavy atom. The molecule has 0 saturated heterocycles. The molecule has 2 heterocycles. The summed E-state index contributed by atoms with van der Waals surface area (Å²) in [4.78, 5) is 35.8. The number of rotatable bonds is 4. The molecule has 0 radical (unpaired) electrons. The molecule has 0 saturated carbocycles. The normalized spacial score (nSPS) is 16.1. The Morgan fingerprint density at radius 2 is 1.77 bits per heavy atom. The van der Waals surface area contributed by atoms with Gasteiger partial charge in [-0.25, -0.2) is 0 Å². The minimum atomic E-state index is -0.335. The van der Waals surface area contributed by atoms with Crippen LogP contribution in [0.15, 0.2) is 54.9 Å². The molecule has 1 amide bonds. The van der Waals surface area contributed by atoms with E-state index in [2.05, 4.69) is 22.1 Å². The zero-order valence-corrected chi connectivity index (χ0v) is 18.6. The summed E-state index contributed by atoms with van der Waals surface area (Å²) in [7, 11) is 1.82. The number of nitrogens with one attached hydrogen (secondary N) is 1. The summed E-state index contributed by atoms with van der Waals surface area (Å²) in [6.45, 7) is 6.03. The highest BCUT2D eigenvalue weighted by atomic mass is 16.2. The highest BCUT2D eigenvalue weighted by molar-refractivity contribution is 6.04. The smallest absolute Gasteiger partial charge is 0.226 e. The van der Waals surface area contributed by atoms with Gasteiger partial charge in [-0.2, -0.15) is 0 Å². The van der Waals surface area contributed by atoms with Crippen LogP contribution in [-0.2, 0) is 17.6 Å². The van der Waals surface area contributed by atoms with Crippen molar-refractivity contribution in [1.29, 1.82) is 0 Å². The molecule has 5 nitrogen and oxygen atoms in total. The fourth-order valence-corrected chi connectivity index (χ4v) is 4.25. The summed E-state index contributed by atoms with van der Waals surface area (Å²) in [6, 6.07) is 14.1. The van der Waals surface area contributed by atoms with Gasteiger partial charge >= 0.3 is 0 Å². The SMILES string of the molecule is CN(C(=O)C1CC(=O)c2c([nH]c(-c3ccncc3)c2Cc2ccccc2)C1)C(C)(C)C. The molecule has 5 heteroatoms. The number of hydrogen-bond donors (Lipinski definition) is 1. The summed E-state index contributed by atoms with van der Waals surface area (Å²) in [6.07, 6.45) is 4.98. The zero-order chi connectivity index (χ0) is 22.2. The van der Waals surface area contributed by atoms with E-state index in [0.717, 1.165) is 33.6 Å². The van der Waals surface area contributed by atoms with Gasteiger partial charge < -0.3 is 9.88 Å². The summed E-state index contributed by atoms with van der Waals surface area (Å²) in [5.74, 6) is -0.265. The Labute approximate surface area is 183 Å². The number of fused-ring (bicyclic) bond motifs is 1. The number of benzene rings is 1. The van der Waals surface area contributed by atoms with E-state index in [4.69, 9.17) is 0 Å². The van der Waals surface area contributed by atoms with Crippen molar-refractivity contribution < 1.29 is 9.59 Å². The molecule has 2 aromatic heterocycles. The summed E-state index contributed by atoms with van der Waals surface area (Å²) in [5, 5.41) is 0. The number of H-pyrrole nitrogens is 1. The number of amides is 1. The van der Waals surface area contributed by atoms with Crippen LogP contribution < -0.4 is 0 Å². The number of aromatic amines is 1. The topological polar surface area (TPSA) is 66.1 Å². The lowest BCUT2D eigenvalue weighted by Gasteiger charge is -2.35. The Balaban J connectivity index is 1.75. The van der Waals surface area contributed by atoms with Crippen LogP contribution in [0.2, 0.25) is 0 Å². The number of carbonyl (C=O) groups excluding carboxylic acids is 2. The van der Waals surface area contributed by atoms with E-state index in [9.17, 15) is 9.59 Å². The second-order valence-electron chi connectivity index (χ2n) is 9.33. The summed E-state index contributed by atoms with van der Waals surface area (Å²) >= 11 is 0. The maximum Gasteiger partial charge on any atom is 0.226 e. The van der Waals surface area contributed by atoms with Gasteiger partial charge in [-0.05, 0) is 44.0 Å². The van der Waals surface area contributed by atoms with E-state index < -0.39 is 0 Å². The lowest BCUT2D eigenvalue weighted by atomic mass is 9.82. The number of Topliss-reactive ketones (excluding diaryl/α,β-unsaturated/α-hetero) is 1. The molecule has 0 fully saturated rings. The average molecular weight is 416 g/mol. The fraction of sp³-hybridized carbons (Fsp3) is 0.346. The van der Waals surface area contributed by atoms with Crippen molar-refractivity contribution in [2.45, 2.75) is 45.6 Å². The second-order valence-corrected chi connectivity index (χ2v) is 9.33.